The highest BCUT2D eigenvalue weighted by atomic mass is 32.1. The number of imidazole rings is 1. The third-order valence-corrected chi connectivity index (χ3v) is 6.31. The Bertz CT molecular complexity index is 1130. The van der Waals surface area contributed by atoms with Gasteiger partial charge in [0.15, 0.2) is 4.77 Å². The topological polar surface area (TPSA) is 58.0 Å². The molecule has 0 radical (unpaired) electrons. The van der Waals surface area contributed by atoms with Crippen LogP contribution in [0.5, 0.6) is 0 Å². The van der Waals surface area contributed by atoms with E-state index in [2.05, 4.69) is 50.9 Å². The molecule has 1 aliphatic carbocycles. The second-order valence-corrected chi connectivity index (χ2v) is 9.19. The standard InChI is InChI=1S/C22H24N2O2S/c1-21(2)9-10-22(3,4)16-12-14(6-7-15(16)21)24-18-11-13(19(25)26)5-8-17(18)23-20(24)27/h5-8,11-12H,9-10H2,1-4H3,(H,23,27)(H,25,26). The van der Waals surface area contributed by atoms with Crippen LogP contribution < -0.4 is 0 Å². The predicted molar refractivity (Wildman–Crippen MR) is 111 cm³/mol. The van der Waals surface area contributed by atoms with Crippen LogP contribution in [0.25, 0.3) is 16.7 Å². The Kier molecular flexibility index (Phi) is 3.86. The maximum Gasteiger partial charge on any atom is 0.335 e. The van der Waals surface area contributed by atoms with Gasteiger partial charge in [-0.05, 0) is 77.3 Å². The third kappa shape index (κ3) is 2.81. The second-order valence-electron chi connectivity index (χ2n) is 8.80. The highest BCUT2D eigenvalue weighted by Crippen LogP contribution is 2.46. The third-order valence-electron chi connectivity index (χ3n) is 6.02. The minimum atomic E-state index is -0.941. The normalized spacial score (nSPS) is 17.6. The molecule has 4 rings (SSSR count). The molecular formula is C22H24N2O2S. The molecule has 4 nitrogen and oxygen atoms in total. The predicted octanol–water partition coefficient (Wildman–Crippen LogP) is 5.74. The Hall–Kier alpha value is -2.40. The summed E-state index contributed by atoms with van der Waals surface area (Å²) in [5, 5.41) is 9.35. The first-order valence-corrected chi connectivity index (χ1v) is 9.64. The van der Waals surface area contributed by atoms with Crippen LogP contribution in [-0.2, 0) is 10.8 Å². The molecule has 0 fully saturated rings. The van der Waals surface area contributed by atoms with Crippen LogP contribution in [0.4, 0.5) is 0 Å². The number of H-pyrrole nitrogens is 1. The Labute approximate surface area is 163 Å². The van der Waals surface area contributed by atoms with Gasteiger partial charge in [-0.15, -0.1) is 0 Å². The first kappa shape index (κ1) is 18.0. The molecule has 0 saturated heterocycles. The molecule has 140 valence electrons. The minimum absolute atomic E-state index is 0.0986. The van der Waals surface area contributed by atoms with Crippen molar-refractivity contribution >= 4 is 29.2 Å². The van der Waals surface area contributed by atoms with Gasteiger partial charge in [0.05, 0.1) is 16.6 Å². The van der Waals surface area contributed by atoms with Gasteiger partial charge in [0, 0.05) is 5.69 Å². The molecule has 5 heteroatoms. The van der Waals surface area contributed by atoms with Gasteiger partial charge in [-0.2, -0.15) is 0 Å². The van der Waals surface area contributed by atoms with Crippen molar-refractivity contribution in [3.63, 3.8) is 0 Å². The van der Waals surface area contributed by atoms with Crippen molar-refractivity contribution in [2.24, 2.45) is 0 Å². The first-order valence-electron chi connectivity index (χ1n) is 9.24. The molecule has 1 aromatic heterocycles. The SMILES string of the molecule is CC1(C)CCC(C)(C)c2cc(-n3c(=S)[nH]c4ccc(C(=O)O)cc43)ccc21. The van der Waals surface area contributed by atoms with E-state index >= 15 is 0 Å². The molecule has 0 saturated carbocycles. The van der Waals surface area contributed by atoms with E-state index in [1.54, 1.807) is 18.2 Å². The van der Waals surface area contributed by atoms with Crippen molar-refractivity contribution in [3.05, 3.63) is 57.9 Å². The number of hydrogen-bond donors (Lipinski definition) is 2. The fourth-order valence-corrected chi connectivity index (χ4v) is 4.52. The lowest BCUT2D eigenvalue weighted by Gasteiger charge is -2.42. The second kappa shape index (κ2) is 5.80. The van der Waals surface area contributed by atoms with Gasteiger partial charge >= 0.3 is 5.97 Å². The van der Waals surface area contributed by atoms with E-state index < -0.39 is 5.97 Å². The number of nitrogens with zero attached hydrogens (tertiary/aromatic N) is 1. The van der Waals surface area contributed by atoms with Crippen LogP contribution in [0.1, 0.15) is 62.0 Å². The lowest BCUT2D eigenvalue weighted by molar-refractivity contribution is 0.0697. The summed E-state index contributed by atoms with van der Waals surface area (Å²) in [6.07, 6.45) is 2.31. The molecule has 0 atom stereocenters. The van der Waals surface area contributed by atoms with Crippen molar-refractivity contribution < 1.29 is 9.90 Å². The van der Waals surface area contributed by atoms with Gasteiger partial charge in [-0.25, -0.2) is 4.79 Å². The molecule has 2 aromatic carbocycles. The van der Waals surface area contributed by atoms with Gasteiger partial charge in [-0.3, -0.25) is 4.57 Å². The van der Waals surface area contributed by atoms with E-state index in [4.69, 9.17) is 12.2 Å². The molecule has 0 aliphatic heterocycles. The quantitative estimate of drug-likeness (QED) is 0.558. The lowest BCUT2D eigenvalue weighted by Crippen LogP contribution is -2.33. The zero-order chi connectivity index (χ0) is 19.6. The molecule has 27 heavy (non-hydrogen) atoms. The summed E-state index contributed by atoms with van der Waals surface area (Å²) in [6.45, 7) is 9.19. The Balaban J connectivity index is 1.98. The summed E-state index contributed by atoms with van der Waals surface area (Å²) in [4.78, 5) is 14.6. The number of nitrogens with one attached hydrogen (secondary N) is 1. The fraction of sp³-hybridized carbons (Fsp3) is 0.364. The molecule has 0 amide bonds. The monoisotopic (exact) mass is 380 g/mol. The van der Waals surface area contributed by atoms with Crippen molar-refractivity contribution in [1.29, 1.82) is 0 Å². The number of benzene rings is 2. The van der Waals surface area contributed by atoms with Gasteiger partial charge in [-0.1, -0.05) is 33.8 Å². The Morgan fingerprint density at radius 1 is 1.04 bits per heavy atom. The number of carboxylic acids is 1. The summed E-state index contributed by atoms with van der Waals surface area (Å²) < 4.78 is 2.51. The van der Waals surface area contributed by atoms with Crippen LogP contribution in [0.2, 0.25) is 0 Å². The number of rotatable bonds is 2. The molecule has 0 unspecified atom stereocenters. The van der Waals surface area contributed by atoms with Crippen molar-refractivity contribution in [2.45, 2.75) is 51.4 Å². The zero-order valence-electron chi connectivity index (χ0n) is 16.1. The summed E-state index contributed by atoms with van der Waals surface area (Å²) in [5.74, 6) is -0.941. The summed E-state index contributed by atoms with van der Waals surface area (Å²) in [5.41, 5.74) is 5.84. The maximum atomic E-state index is 11.4. The molecule has 0 spiro atoms. The van der Waals surface area contributed by atoms with Crippen molar-refractivity contribution in [1.82, 2.24) is 9.55 Å². The number of hydrogen-bond acceptors (Lipinski definition) is 2. The van der Waals surface area contributed by atoms with Crippen molar-refractivity contribution in [2.75, 3.05) is 0 Å². The van der Waals surface area contributed by atoms with E-state index in [1.165, 1.54) is 17.5 Å². The number of aromatic carboxylic acids is 1. The molecule has 2 N–H and O–H groups in total. The molecular weight excluding hydrogens is 356 g/mol. The average molecular weight is 381 g/mol. The lowest BCUT2D eigenvalue weighted by atomic mass is 9.63. The highest BCUT2D eigenvalue weighted by molar-refractivity contribution is 7.71. The van der Waals surface area contributed by atoms with E-state index in [-0.39, 0.29) is 16.4 Å². The summed E-state index contributed by atoms with van der Waals surface area (Å²) in [6, 6.07) is 11.6. The summed E-state index contributed by atoms with van der Waals surface area (Å²) >= 11 is 5.56. The maximum absolute atomic E-state index is 11.4. The number of carboxylic acid groups (broad SMARTS) is 1. The number of aromatic amines is 1. The zero-order valence-corrected chi connectivity index (χ0v) is 16.9. The smallest absolute Gasteiger partial charge is 0.335 e. The Morgan fingerprint density at radius 3 is 2.37 bits per heavy atom. The number of fused-ring (bicyclic) bond motifs is 2. The average Bonchev–Trinajstić information content (AvgIpc) is 2.93. The van der Waals surface area contributed by atoms with Crippen LogP contribution >= 0.6 is 12.2 Å². The highest BCUT2D eigenvalue weighted by Gasteiger charge is 2.37. The number of aromatic nitrogens is 2. The van der Waals surface area contributed by atoms with Gasteiger partial charge in [0.25, 0.3) is 0 Å². The molecule has 3 aromatic rings. The van der Waals surface area contributed by atoms with E-state index in [9.17, 15) is 9.90 Å². The minimum Gasteiger partial charge on any atom is -0.478 e. The number of carbonyl (C=O) groups is 1. The van der Waals surface area contributed by atoms with Crippen LogP contribution in [-0.4, -0.2) is 20.6 Å². The first-order chi connectivity index (χ1) is 12.6. The van der Waals surface area contributed by atoms with Crippen LogP contribution in [0.3, 0.4) is 0 Å². The van der Waals surface area contributed by atoms with Crippen LogP contribution in [0.15, 0.2) is 36.4 Å². The largest absolute Gasteiger partial charge is 0.478 e. The van der Waals surface area contributed by atoms with Gasteiger partial charge in [0.2, 0.25) is 0 Å². The van der Waals surface area contributed by atoms with E-state index in [0.29, 0.717) is 4.77 Å². The molecule has 0 bridgehead atoms. The van der Waals surface area contributed by atoms with Crippen molar-refractivity contribution in [3.8, 4) is 5.69 Å². The Morgan fingerprint density at radius 2 is 1.70 bits per heavy atom. The fourth-order valence-electron chi connectivity index (χ4n) is 4.21. The molecule has 1 aliphatic rings. The molecule has 1 heterocycles. The van der Waals surface area contributed by atoms with Crippen LogP contribution in [0, 0.1) is 4.77 Å². The summed E-state index contributed by atoms with van der Waals surface area (Å²) in [7, 11) is 0. The van der Waals surface area contributed by atoms with Gasteiger partial charge in [0.1, 0.15) is 0 Å². The van der Waals surface area contributed by atoms with E-state index in [0.717, 1.165) is 23.1 Å². The van der Waals surface area contributed by atoms with E-state index in [1.807, 2.05) is 4.57 Å². The van der Waals surface area contributed by atoms with Gasteiger partial charge < -0.3 is 10.1 Å².